The molecule has 0 radical (unpaired) electrons. The summed E-state index contributed by atoms with van der Waals surface area (Å²) in [7, 11) is -2.07. The van der Waals surface area contributed by atoms with Crippen LogP contribution in [0.3, 0.4) is 0 Å². The van der Waals surface area contributed by atoms with E-state index in [1.807, 2.05) is 0 Å². The van der Waals surface area contributed by atoms with Gasteiger partial charge in [-0.25, -0.2) is 18.0 Å². The number of carbonyl (C=O) groups excluding carboxylic acids is 2. The number of urea groups is 1. The van der Waals surface area contributed by atoms with Crippen molar-refractivity contribution in [2.24, 2.45) is 0 Å². The first kappa shape index (κ1) is 19.3. The van der Waals surface area contributed by atoms with E-state index < -0.39 is 22.0 Å². The van der Waals surface area contributed by atoms with Crippen LogP contribution in [-0.4, -0.2) is 33.8 Å². The molecule has 0 fully saturated rings. The van der Waals surface area contributed by atoms with E-state index in [1.165, 1.54) is 7.11 Å². The summed E-state index contributed by atoms with van der Waals surface area (Å²) in [5.74, 6) is -0.455. The van der Waals surface area contributed by atoms with Gasteiger partial charge in [0.2, 0.25) is 10.0 Å². The molecule has 0 atom stereocenters. The Labute approximate surface area is 151 Å². The van der Waals surface area contributed by atoms with E-state index in [1.54, 1.807) is 48.5 Å². The Morgan fingerprint density at radius 3 is 2.35 bits per heavy atom. The molecule has 0 bridgehead atoms. The quantitative estimate of drug-likeness (QED) is 0.668. The van der Waals surface area contributed by atoms with Gasteiger partial charge in [0.05, 0.1) is 18.9 Å². The predicted octanol–water partition coefficient (Wildman–Crippen LogP) is 2.17. The third-order valence-electron chi connectivity index (χ3n) is 3.25. The van der Waals surface area contributed by atoms with Crippen LogP contribution in [0.25, 0.3) is 0 Å². The van der Waals surface area contributed by atoms with Crippen LogP contribution in [0.15, 0.2) is 48.5 Å². The minimum atomic E-state index is -3.36. The average Bonchev–Trinajstić information content (AvgIpc) is 2.59. The van der Waals surface area contributed by atoms with E-state index in [0.29, 0.717) is 16.9 Å². The van der Waals surface area contributed by atoms with Gasteiger partial charge >= 0.3 is 12.0 Å². The first-order valence-electron chi connectivity index (χ1n) is 7.57. The molecule has 0 aliphatic heterocycles. The van der Waals surface area contributed by atoms with Crippen molar-refractivity contribution in [2.75, 3.05) is 23.4 Å². The highest BCUT2D eigenvalue weighted by atomic mass is 32.2. The lowest BCUT2D eigenvalue weighted by Gasteiger charge is -2.10. The third-order valence-corrected chi connectivity index (χ3v) is 3.85. The van der Waals surface area contributed by atoms with E-state index in [9.17, 15) is 18.0 Å². The summed E-state index contributed by atoms with van der Waals surface area (Å²) in [6.45, 7) is 0.214. The van der Waals surface area contributed by atoms with Crippen LogP contribution in [0, 0.1) is 0 Å². The predicted molar refractivity (Wildman–Crippen MR) is 98.5 cm³/mol. The lowest BCUT2D eigenvalue weighted by Crippen LogP contribution is -2.28. The minimum Gasteiger partial charge on any atom is -0.465 e. The molecule has 2 aromatic carbocycles. The van der Waals surface area contributed by atoms with Crippen molar-refractivity contribution >= 4 is 33.4 Å². The Balaban J connectivity index is 1.90. The lowest BCUT2D eigenvalue weighted by atomic mass is 10.2. The zero-order valence-electron chi connectivity index (χ0n) is 14.3. The van der Waals surface area contributed by atoms with Crippen LogP contribution in [0.2, 0.25) is 0 Å². The van der Waals surface area contributed by atoms with Gasteiger partial charge in [0.25, 0.3) is 0 Å². The largest absolute Gasteiger partial charge is 0.465 e. The number of ether oxygens (including phenoxy) is 1. The van der Waals surface area contributed by atoms with E-state index in [2.05, 4.69) is 20.1 Å². The second-order valence-corrected chi connectivity index (χ2v) is 7.20. The number of esters is 1. The summed E-state index contributed by atoms with van der Waals surface area (Å²) in [4.78, 5) is 23.3. The summed E-state index contributed by atoms with van der Waals surface area (Å²) in [5, 5.41) is 5.30. The van der Waals surface area contributed by atoms with Crippen molar-refractivity contribution in [3.63, 3.8) is 0 Å². The van der Waals surface area contributed by atoms with Gasteiger partial charge in [-0.1, -0.05) is 12.1 Å². The number of methoxy groups -OCH3 is 1. The van der Waals surface area contributed by atoms with Crippen LogP contribution in [-0.2, 0) is 21.3 Å². The molecule has 2 amide bonds. The van der Waals surface area contributed by atoms with E-state index in [4.69, 9.17) is 0 Å². The molecule has 0 spiro atoms. The third kappa shape index (κ3) is 6.10. The molecule has 0 saturated heterocycles. The Bertz CT molecular complexity index is 895. The normalized spacial score (nSPS) is 10.7. The zero-order valence-corrected chi connectivity index (χ0v) is 15.1. The van der Waals surface area contributed by atoms with Crippen LogP contribution >= 0.6 is 0 Å². The molecule has 9 heteroatoms. The maximum absolute atomic E-state index is 11.9. The summed E-state index contributed by atoms with van der Waals surface area (Å²) in [6, 6.07) is 12.5. The van der Waals surface area contributed by atoms with Gasteiger partial charge < -0.3 is 15.4 Å². The smallest absolute Gasteiger partial charge is 0.337 e. The highest BCUT2D eigenvalue weighted by Crippen LogP contribution is 2.13. The molecule has 0 saturated carbocycles. The average molecular weight is 377 g/mol. The van der Waals surface area contributed by atoms with Crippen molar-refractivity contribution in [1.29, 1.82) is 0 Å². The van der Waals surface area contributed by atoms with E-state index in [-0.39, 0.29) is 6.54 Å². The fourth-order valence-electron chi connectivity index (χ4n) is 2.12. The number of hydrogen-bond donors (Lipinski definition) is 3. The van der Waals surface area contributed by atoms with Crippen LogP contribution < -0.4 is 15.4 Å². The Morgan fingerprint density at radius 2 is 1.73 bits per heavy atom. The van der Waals surface area contributed by atoms with Gasteiger partial charge in [0, 0.05) is 17.9 Å². The highest BCUT2D eigenvalue weighted by Gasteiger charge is 2.07. The molecule has 2 rings (SSSR count). The van der Waals surface area contributed by atoms with E-state index >= 15 is 0 Å². The van der Waals surface area contributed by atoms with Crippen molar-refractivity contribution in [3.8, 4) is 0 Å². The van der Waals surface area contributed by atoms with Crippen LogP contribution in [0.5, 0.6) is 0 Å². The summed E-state index contributed by atoms with van der Waals surface area (Å²) in [5.41, 5.74) is 2.05. The summed E-state index contributed by atoms with van der Waals surface area (Å²) in [6.07, 6.45) is 1.07. The minimum absolute atomic E-state index is 0.214. The number of sulfonamides is 1. The summed E-state index contributed by atoms with van der Waals surface area (Å²) >= 11 is 0. The number of benzene rings is 2. The fourth-order valence-corrected chi connectivity index (χ4v) is 2.68. The number of carbonyl (C=O) groups is 2. The fraction of sp³-hybridized carbons (Fsp3) is 0.176. The molecule has 0 heterocycles. The number of hydrogen-bond acceptors (Lipinski definition) is 5. The second kappa shape index (κ2) is 8.34. The number of anilines is 2. The maximum atomic E-state index is 11.9. The Hall–Kier alpha value is -3.07. The molecule has 8 nitrogen and oxygen atoms in total. The van der Waals surface area contributed by atoms with Gasteiger partial charge in [0.1, 0.15) is 0 Å². The SMILES string of the molecule is COC(=O)c1ccc(NC(=O)NCc2cccc(NS(C)(=O)=O)c2)cc1. The van der Waals surface area contributed by atoms with Gasteiger partial charge in [-0.15, -0.1) is 0 Å². The number of nitrogens with one attached hydrogen (secondary N) is 3. The van der Waals surface area contributed by atoms with Crippen molar-refractivity contribution < 1.29 is 22.7 Å². The molecule has 0 aliphatic rings. The van der Waals surface area contributed by atoms with Crippen molar-refractivity contribution in [2.45, 2.75) is 6.54 Å². The molecule has 2 aromatic rings. The molecule has 0 unspecified atom stereocenters. The molecule has 3 N–H and O–H groups in total. The number of rotatable bonds is 6. The molecule has 138 valence electrons. The zero-order chi connectivity index (χ0) is 19.2. The highest BCUT2D eigenvalue weighted by molar-refractivity contribution is 7.92. The van der Waals surface area contributed by atoms with Gasteiger partial charge in [0.15, 0.2) is 0 Å². The lowest BCUT2D eigenvalue weighted by molar-refractivity contribution is 0.0600. The Morgan fingerprint density at radius 1 is 1.04 bits per heavy atom. The van der Waals surface area contributed by atoms with Crippen molar-refractivity contribution in [1.82, 2.24) is 5.32 Å². The maximum Gasteiger partial charge on any atom is 0.337 e. The molecule has 26 heavy (non-hydrogen) atoms. The first-order valence-corrected chi connectivity index (χ1v) is 9.46. The van der Waals surface area contributed by atoms with Gasteiger partial charge in [-0.2, -0.15) is 0 Å². The standard InChI is InChI=1S/C17H19N3O5S/c1-25-16(21)13-6-8-14(9-7-13)19-17(22)18-11-12-4-3-5-15(10-12)20-26(2,23)24/h3-10,20H,11H2,1-2H3,(H2,18,19,22). The molecular formula is C17H19N3O5S. The molecule has 0 aliphatic carbocycles. The van der Waals surface area contributed by atoms with Crippen molar-refractivity contribution in [3.05, 3.63) is 59.7 Å². The number of amides is 2. The summed E-state index contributed by atoms with van der Waals surface area (Å²) < 4.78 is 29.5. The first-order chi connectivity index (χ1) is 12.3. The monoisotopic (exact) mass is 377 g/mol. The molecular weight excluding hydrogens is 358 g/mol. The molecule has 0 aromatic heterocycles. The van der Waals surface area contributed by atoms with Gasteiger partial charge in [-0.05, 0) is 42.0 Å². The Kier molecular flexibility index (Phi) is 6.18. The van der Waals surface area contributed by atoms with Crippen LogP contribution in [0.4, 0.5) is 16.2 Å². The van der Waals surface area contributed by atoms with Gasteiger partial charge in [-0.3, -0.25) is 4.72 Å². The van der Waals surface area contributed by atoms with E-state index in [0.717, 1.165) is 11.8 Å². The second-order valence-electron chi connectivity index (χ2n) is 5.45. The van der Waals surface area contributed by atoms with Crippen LogP contribution in [0.1, 0.15) is 15.9 Å². The topological polar surface area (TPSA) is 114 Å².